The number of unbranched alkanes of at least 4 members (excludes halogenated alkanes) is 1. The van der Waals surface area contributed by atoms with E-state index < -0.39 is 8.32 Å². The van der Waals surface area contributed by atoms with E-state index in [1.165, 1.54) is 4.88 Å². The zero-order chi connectivity index (χ0) is 22.5. The van der Waals surface area contributed by atoms with Crippen molar-refractivity contribution in [2.24, 2.45) is 0 Å². The van der Waals surface area contributed by atoms with E-state index in [9.17, 15) is 5.26 Å². The topological polar surface area (TPSA) is 49.2 Å². The molecule has 0 radical (unpaired) electrons. The molecule has 2 rings (SSSR count). The number of benzene rings is 1. The van der Waals surface area contributed by atoms with Crippen LogP contribution < -0.4 is 4.90 Å². The van der Waals surface area contributed by atoms with Crippen LogP contribution >= 0.6 is 11.3 Å². The summed E-state index contributed by atoms with van der Waals surface area (Å²) in [6.07, 6.45) is 2.08. The Kier molecular flexibility index (Phi) is 8.26. The van der Waals surface area contributed by atoms with Gasteiger partial charge in [0.2, 0.25) is 0 Å². The van der Waals surface area contributed by atoms with Gasteiger partial charge in [-0.2, -0.15) is 5.26 Å². The third-order valence-electron chi connectivity index (χ3n) is 6.12. The highest BCUT2D eigenvalue weighted by molar-refractivity contribution is 7.13. The molecule has 0 atom stereocenters. The van der Waals surface area contributed by atoms with Crippen LogP contribution in [0, 0.1) is 18.3 Å². The maximum absolute atomic E-state index is 9.70. The van der Waals surface area contributed by atoms with Gasteiger partial charge in [-0.15, -0.1) is 11.3 Å². The summed E-state index contributed by atoms with van der Waals surface area (Å²) in [5, 5.41) is 9.94. The molecule has 0 amide bonds. The second-order valence-corrected chi connectivity index (χ2v) is 15.4. The highest BCUT2D eigenvalue weighted by Gasteiger charge is 2.36. The number of hydrogen-bond donors (Lipinski definition) is 0. The lowest BCUT2D eigenvalue weighted by molar-refractivity contribution is 0.279. The summed E-state index contributed by atoms with van der Waals surface area (Å²) in [5.41, 5.74) is 5.80. The van der Waals surface area contributed by atoms with Gasteiger partial charge in [0.05, 0.1) is 27.3 Å². The van der Waals surface area contributed by atoms with E-state index in [4.69, 9.17) is 4.43 Å². The van der Waals surface area contributed by atoms with Crippen LogP contribution in [-0.4, -0.2) is 32.5 Å². The van der Waals surface area contributed by atoms with Gasteiger partial charge in [-0.25, -0.2) is 4.98 Å². The van der Waals surface area contributed by atoms with Crippen molar-refractivity contribution in [3.05, 3.63) is 35.0 Å². The number of nitriles is 1. The minimum atomic E-state index is -1.69. The Hall–Kier alpha value is -1.68. The molecule has 0 aliphatic heterocycles. The smallest absolute Gasteiger partial charge is 0.191 e. The summed E-state index contributed by atoms with van der Waals surface area (Å²) in [6, 6.07) is 8.84. The molecule has 0 aliphatic rings. The number of aryl methyl sites for hydroxylation is 1. The molecule has 4 nitrogen and oxygen atoms in total. The van der Waals surface area contributed by atoms with Gasteiger partial charge < -0.3 is 9.33 Å². The Morgan fingerprint density at radius 1 is 1.23 bits per heavy atom. The number of nitrogens with zero attached hydrogens (tertiary/aromatic N) is 3. The molecule has 1 aromatic carbocycles. The summed E-state index contributed by atoms with van der Waals surface area (Å²) >= 11 is 1.65. The Balaban J connectivity index is 2.11. The van der Waals surface area contributed by atoms with Gasteiger partial charge in [0.25, 0.3) is 0 Å². The molecule has 0 aliphatic carbocycles. The van der Waals surface area contributed by atoms with Gasteiger partial charge >= 0.3 is 0 Å². The molecule has 0 N–H and O–H groups in total. The number of aromatic nitrogens is 1. The molecule has 0 unspecified atom stereocenters. The van der Waals surface area contributed by atoms with Crippen LogP contribution in [0.3, 0.4) is 0 Å². The van der Waals surface area contributed by atoms with Crippen molar-refractivity contribution in [2.45, 2.75) is 78.6 Å². The van der Waals surface area contributed by atoms with Crippen molar-refractivity contribution in [1.29, 1.82) is 5.26 Å². The molecule has 6 heteroatoms. The highest BCUT2D eigenvalue weighted by Crippen LogP contribution is 2.37. The predicted octanol–water partition coefficient (Wildman–Crippen LogP) is 7.01. The van der Waals surface area contributed by atoms with Crippen LogP contribution in [-0.2, 0) is 4.43 Å². The lowest BCUT2D eigenvalue weighted by Crippen LogP contribution is -2.41. The predicted molar refractivity (Wildman–Crippen MR) is 132 cm³/mol. The van der Waals surface area contributed by atoms with Crippen LogP contribution in [0.4, 0.5) is 5.69 Å². The number of thiazole rings is 1. The van der Waals surface area contributed by atoms with E-state index in [0.29, 0.717) is 6.04 Å². The van der Waals surface area contributed by atoms with Crippen molar-refractivity contribution < 1.29 is 4.43 Å². The third-order valence-corrected chi connectivity index (χ3v) is 11.6. The molecule has 0 saturated carbocycles. The van der Waals surface area contributed by atoms with Gasteiger partial charge in [-0.05, 0) is 69.4 Å². The molecular formula is C24H37N3OSSi. The van der Waals surface area contributed by atoms with Crippen molar-refractivity contribution in [2.75, 3.05) is 18.1 Å². The Morgan fingerprint density at radius 3 is 2.47 bits per heavy atom. The largest absolute Gasteiger partial charge is 0.417 e. The minimum Gasteiger partial charge on any atom is -0.417 e. The summed E-state index contributed by atoms with van der Waals surface area (Å²) < 4.78 is 6.33. The van der Waals surface area contributed by atoms with Gasteiger partial charge in [0.1, 0.15) is 6.07 Å². The minimum absolute atomic E-state index is 0.244. The molecule has 0 bridgehead atoms. The first-order valence-corrected chi connectivity index (χ1v) is 14.6. The molecule has 164 valence electrons. The third kappa shape index (κ3) is 5.93. The number of anilines is 1. The van der Waals surface area contributed by atoms with Crippen molar-refractivity contribution in [3.63, 3.8) is 0 Å². The molecule has 0 spiro atoms. The average Bonchev–Trinajstić information content (AvgIpc) is 3.08. The second kappa shape index (κ2) is 10.1. The fourth-order valence-corrected chi connectivity index (χ4v) is 5.06. The van der Waals surface area contributed by atoms with E-state index in [-0.39, 0.29) is 5.04 Å². The van der Waals surface area contributed by atoms with E-state index >= 15 is 0 Å². The standard InChI is InChI=1S/C24H37N3OSSi/c1-18(2)27(13-9-10-14-28-30(7,8)24(4,5)6)22-15-20(11-12-21(22)16-25)23-19(3)26-17-29-23/h11-12,15,17-18H,9-10,13-14H2,1-8H3. The molecule has 0 fully saturated rings. The molecule has 0 saturated heterocycles. The summed E-state index contributed by atoms with van der Waals surface area (Å²) in [4.78, 5) is 7.91. The zero-order valence-electron chi connectivity index (χ0n) is 19.9. The second-order valence-electron chi connectivity index (χ2n) is 9.71. The quantitative estimate of drug-likeness (QED) is 0.309. The first kappa shape index (κ1) is 24.6. The summed E-state index contributed by atoms with van der Waals surface area (Å²) in [6.45, 7) is 19.6. The van der Waals surface area contributed by atoms with Crippen molar-refractivity contribution in [1.82, 2.24) is 4.98 Å². The van der Waals surface area contributed by atoms with Crippen molar-refractivity contribution in [3.8, 4) is 16.5 Å². The molecule has 2 aromatic rings. The lowest BCUT2D eigenvalue weighted by atomic mass is 10.0. The van der Waals surface area contributed by atoms with Gasteiger partial charge in [-0.1, -0.05) is 26.8 Å². The van der Waals surface area contributed by atoms with Gasteiger partial charge in [0, 0.05) is 19.2 Å². The first-order valence-electron chi connectivity index (χ1n) is 10.8. The maximum atomic E-state index is 9.70. The molecule has 1 heterocycles. The normalized spacial score (nSPS) is 12.3. The molecular weight excluding hydrogens is 406 g/mol. The van der Waals surface area contributed by atoms with Gasteiger partial charge in [0.15, 0.2) is 8.32 Å². The van der Waals surface area contributed by atoms with Crippen LogP contribution in [0.25, 0.3) is 10.4 Å². The SMILES string of the molecule is Cc1ncsc1-c1ccc(C#N)c(N(CCCCO[Si](C)(C)C(C)(C)C)C(C)C)c1. The summed E-state index contributed by atoms with van der Waals surface area (Å²) in [5.74, 6) is 0. The summed E-state index contributed by atoms with van der Waals surface area (Å²) in [7, 11) is -1.69. The Morgan fingerprint density at radius 2 is 1.93 bits per heavy atom. The lowest BCUT2D eigenvalue weighted by Gasteiger charge is -2.36. The number of hydrogen-bond acceptors (Lipinski definition) is 5. The Labute approximate surface area is 188 Å². The molecule has 1 aromatic heterocycles. The maximum Gasteiger partial charge on any atom is 0.191 e. The fraction of sp³-hybridized carbons (Fsp3) is 0.583. The van der Waals surface area contributed by atoms with E-state index in [1.54, 1.807) is 11.3 Å². The monoisotopic (exact) mass is 443 g/mol. The highest BCUT2D eigenvalue weighted by atomic mass is 32.1. The van der Waals surface area contributed by atoms with E-state index in [1.807, 2.05) is 24.6 Å². The van der Waals surface area contributed by atoms with Crippen LogP contribution in [0.15, 0.2) is 23.7 Å². The fourth-order valence-electron chi connectivity index (χ4n) is 3.17. The first-order chi connectivity index (χ1) is 14.0. The van der Waals surface area contributed by atoms with Crippen LogP contribution in [0.1, 0.15) is 58.7 Å². The average molecular weight is 444 g/mol. The number of rotatable bonds is 9. The zero-order valence-corrected chi connectivity index (χ0v) is 21.7. The van der Waals surface area contributed by atoms with Gasteiger partial charge in [-0.3, -0.25) is 0 Å². The van der Waals surface area contributed by atoms with Crippen LogP contribution in [0.2, 0.25) is 18.1 Å². The van der Waals surface area contributed by atoms with E-state index in [2.05, 4.69) is 69.7 Å². The Bertz CT molecular complexity index is 877. The van der Waals surface area contributed by atoms with Crippen LogP contribution in [0.5, 0.6) is 0 Å². The molecule has 30 heavy (non-hydrogen) atoms. The van der Waals surface area contributed by atoms with E-state index in [0.717, 1.165) is 48.5 Å². The van der Waals surface area contributed by atoms with Crippen molar-refractivity contribution >= 4 is 25.3 Å².